The number of fused-ring (bicyclic) bond motifs is 1. The summed E-state index contributed by atoms with van der Waals surface area (Å²) in [5.74, 6) is -0.343. The highest BCUT2D eigenvalue weighted by Gasteiger charge is 2.56. The fraction of sp³-hybridized carbons (Fsp3) is 0.455. The number of hydrogen-bond donors (Lipinski definition) is 4. The predicted molar refractivity (Wildman–Crippen MR) is 130 cm³/mol. The molecule has 0 bridgehead atoms. The first kappa shape index (κ1) is 26.9. The summed E-state index contributed by atoms with van der Waals surface area (Å²) in [4.78, 5) is 24.2. The fourth-order valence-electron chi connectivity index (χ4n) is 4.04. The molecule has 3 heterocycles. The molecule has 3 aromatic rings. The average molecular weight is 536 g/mol. The number of rotatable bonds is 9. The lowest BCUT2D eigenvalue weighted by atomic mass is 9.94. The molecule has 0 spiro atoms. The topological polar surface area (TPSA) is 193 Å². The monoisotopic (exact) mass is 536 g/mol. The highest BCUT2D eigenvalue weighted by molar-refractivity contribution is 7.52. The number of aromatic nitrogens is 4. The zero-order chi connectivity index (χ0) is 27.0. The summed E-state index contributed by atoms with van der Waals surface area (Å²) in [5.41, 5.74) is 4.60. The Morgan fingerprint density at radius 3 is 2.65 bits per heavy atom. The van der Waals surface area contributed by atoms with Gasteiger partial charge in [0.05, 0.1) is 19.5 Å². The van der Waals surface area contributed by atoms with E-state index in [1.54, 1.807) is 30.3 Å². The van der Waals surface area contributed by atoms with Crippen LogP contribution in [0.1, 0.15) is 27.0 Å². The number of esters is 1. The van der Waals surface area contributed by atoms with E-state index in [-0.39, 0.29) is 17.2 Å². The van der Waals surface area contributed by atoms with Gasteiger partial charge in [0, 0.05) is 0 Å². The predicted octanol–water partition coefficient (Wildman–Crippen LogP) is 1.16. The van der Waals surface area contributed by atoms with Crippen molar-refractivity contribution in [2.75, 3.05) is 12.8 Å². The quantitative estimate of drug-likeness (QED) is 0.225. The third-order valence-corrected chi connectivity index (χ3v) is 7.74. The maximum absolute atomic E-state index is 13.8. The number of aliphatic hydroxyl groups is 2. The minimum absolute atomic E-state index is 0.139. The van der Waals surface area contributed by atoms with Crippen molar-refractivity contribution in [2.45, 2.75) is 57.0 Å². The number of nitrogens with one attached hydrogen (secondary N) is 1. The van der Waals surface area contributed by atoms with E-state index >= 15 is 0 Å². The zero-order valence-electron chi connectivity index (χ0n) is 20.6. The summed E-state index contributed by atoms with van der Waals surface area (Å²) >= 11 is 0. The number of anilines is 1. The Balaban J connectivity index is 1.60. The van der Waals surface area contributed by atoms with Crippen LogP contribution in [0.25, 0.3) is 11.2 Å². The van der Waals surface area contributed by atoms with Gasteiger partial charge in [0.25, 0.3) is 0 Å². The van der Waals surface area contributed by atoms with Crippen LogP contribution in [0.2, 0.25) is 0 Å². The molecule has 7 atom stereocenters. The van der Waals surface area contributed by atoms with Gasteiger partial charge in [-0.1, -0.05) is 18.2 Å². The number of imidazole rings is 1. The van der Waals surface area contributed by atoms with Crippen molar-refractivity contribution in [3.8, 4) is 5.75 Å². The van der Waals surface area contributed by atoms with Gasteiger partial charge in [-0.3, -0.25) is 13.9 Å². The molecule has 3 unspecified atom stereocenters. The van der Waals surface area contributed by atoms with Crippen LogP contribution >= 0.6 is 7.75 Å². The van der Waals surface area contributed by atoms with E-state index in [1.807, 2.05) is 0 Å². The van der Waals surface area contributed by atoms with Crippen molar-refractivity contribution >= 4 is 30.7 Å². The Morgan fingerprint density at radius 2 is 1.97 bits per heavy atom. The molecule has 1 aliphatic rings. The summed E-state index contributed by atoms with van der Waals surface area (Å²) in [5, 5.41) is 24.7. The van der Waals surface area contributed by atoms with Crippen LogP contribution in [0.4, 0.5) is 5.82 Å². The van der Waals surface area contributed by atoms with Crippen LogP contribution in [0, 0.1) is 0 Å². The summed E-state index contributed by atoms with van der Waals surface area (Å²) in [7, 11) is -3.06. The second-order valence-electron chi connectivity index (χ2n) is 8.79. The third-order valence-electron chi connectivity index (χ3n) is 5.98. The van der Waals surface area contributed by atoms with E-state index in [4.69, 9.17) is 24.3 Å². The molecule has 1 aliphatic heterocycles. The van der Waals surface area contributed by atoms with E-state index in [1.165, 1.54) is 45.1 Å². The number of aliphatic hydroxyl groups excluding tert-OH is 1. The third kappa shape index (κ3) is 5.30. The molecule has 0 aliphatic carbocycles. The lowest BCUT2D eigenvalue weighted by Crippen LogP contribution is -2.46. The van der Waals surface area contributed by atoms with Crippen molar-refractivity contribution in [1.82, 2.24) is 24.6 Å². The zero-order valence-corrected chi connectivity index (χ0v) is 21.5. The van der Waals surface area contributed by atoms with Crippen molar-refractivity contribution < 1.29 is 38.1 Å². The minimum Gasteiger partial charge on any atom is -0.468 e. The molecule has 2 aromatic heterocycles. The number of para-hydroxylation sites is 1. The number of nitrogens with two attached hydrogens (primary N) is 1. The first-order valence-corrected chi connectivity index (χ1v) is 12.9. The molecular weight excluding hydrogens is 507 g/mol. The summed E-state index contributed by atoms with van der Waals surface area (Å²) in [6.45, 7) is 4.30. The van der Waals surface area contributed by atoms with Gasteiger partial charge in [-0.25, -0.2) is 19.5 Å². The van der Waals surface area contributed by atoms with Crippen LogP contribution in [0.3, 0.4) is 0 Å². The molecule has 200 valence electrons. The summed E-state index contributed by atoms with van der Waals surface area (Å²) < 4.78 is 37.3. The molecule has 1 aromatic carbocycles. The first-order chi connectivity index (χ1) is 17.5. The van der Waals surface area contributed by atoms with Crippen molar-refractivity contribution in [3.05, 3.63) is 43.0 Å². The molecule has 0 radical (unpaired) electrons. The van der Waals surface area contributed by atoms with E-state index in [9.17, 15) is 19.6 Å². The second-order valence-corrected chi connectivity index (χ2v) is 10.4. The summed E-state index contributed by atoms with van der Waals surface area (Å²) in [6.07, 6.45) is -2.34. The minimum atomic E-state index is -4.25. The Kier molecular flexibility index (Phi) is 7.51. The molecular formula is C22H29N6O8P. The van der Waals surface area contributed by atoms with Gasteiger partial charge in [0.1, 0.15) is 41.4 Å². The van der Waals surface area contributed by atoms with Gasteiger partial charge in [-0.2, -0.15) is 5.09 Å². The number of nitrogen functional groups attached to an aromatic ring is 1. The average Bonchev–Trinajstić information content (AvgIpc) is 3.38. The Hall–Kier alpha value is -3.13. The van der Waals surface area contributed by atoms with Crippen LogP contribution in [-0.4, -0.2) is 72.8 Å². The maximum Gasteiger partial charge on any atom is 0.459 e. The lowest BCUT2D eigenvalue weighted by Gasteiger charge is -2.29. The lowest BCUT2D eigenvalue weighted by molar-refractivity contribution is -0.142. The fourth-order valence-corrected chi connectivity index (χ4v) is 5.73. The first-order valence-electron chi connectivity index (χ1n) is 11.3. The Labute approximate surface area is 212 Å². The van der Waals surface area contributed by atoms with Crippen LogP contribution in [-0.2, 0) is 23.4 Å². The van der Waals surface area contributed by atoms with E-state index in [0.717, 1.165) is 0 Å². The van der Waals surface area contributed by atoms with Gasteiger partial charge in [-0.05, 0) is 32.9 Å². The number of hydrogen-bond acceptors (Lipinski definition) is 12. The molecule has 1 saturated heterocycles. The summed E-state index contributed by atoms with van der Waals surface area (Å²) in [6, 6.07) is 7.15. The molecule has 0 saturated carbocycles. The number of methoxy groups -OCH3 is 1. The molecule has 4 rings (SSSR count). The van der Waals surface area contributed by atoms with E-state index in [0.29, 0.717) is 5.52 Å². The van der Waals surface area contributed by atoms with Gasteiger partial charge in [0.15, 0.2) is 17.7 Å². The Bertz CT molecular complexity index is 1300. The largest absolute Gasteiger partial charge is 0.468 e. The SMILES string of the molecule is COC(=O)[C@H](C)NP(=O)(Oc1ccccc1)O[C@@H](C)C1O[C@@H](n2cnc3c(N)ncnc32)[C@](C)(O)C1O. The van der Waals surface area contributed by atoms with Crippen molar-refractivity contribution in [2.24, 2.45) is 0 Å². The molecule has 1 fully saturated rings. The van der Waals surface area contributed by atoms with E-state index in [2.05, 4.69) is 20.0 Å². The van der Waals surface area contributed by atoms with Crippen LogP contribution in [0.5, 0.6) is 5.75 Å². The van der Waals surface area contributed by atoms with Gasteiger partial charge < -0.3 is 29.9 Å². The van der Waals surface area contributed by atoms with Gasteiger partial charge >= 0.3 is 13.7 Å². The second kappa shape index (κ2) is 10.3. The van der Waals surface area contributed by atoms with E-state index < -0.39 is 49.9 Å². The van der Waals surface area contributed by atoms with Crippen LogP contribution < -0.4 is 15.3 Å². The van der Waals surface area contributed by atoms with Crippen LogP contribution in [0.15, 0.2) is 43.0 Å². The number of carbonyl (C=O) groups excluding carboxylic acids is 1. The van der Waals surface area contributed by atoms with Crippen molar-refractivity contribution in [1.29, 1.82) is 0 Å². The smallest absolute Gasteiger partial charge is 0.459 e. The molecule has 0 amide bonds. The van der Waals surface area contributed by atoms with Gasteiger partial charge in [0.2, 0.25) is 0 Å². The standard InChI is InChI=1S/C22H29N6O8P/c1-12(20(30)33-4)27-37(32,36-14-8-6-5-7-9-14)35-13(2)16-17(29)22(3,31)21(34-16)28-11-26-15-18(23)24-10-25-19(15)28/h5-13,16-17,21,29,31H,1-4H3,(H,27,32)(H2,23,24,25)/t12-,13-,16?,17?,21+,22+,37?/m0/s1. The molecule has 15 heteroatoms. The number of nitrogens with zero attached hydrogens (tertiary/aromatic N) is 4. The Morgan fingerprint density at radius 1 is 1.27 bits per heavy atom. The van der Waals surface area contributed by atoms with Gasteiger partial charge in [-0.15, -0.1) is 0 Å². The number of ether oxygens (including phenoxy) is 2. The highest BCUT2D eigenvalue weighted by Crippen LogP contribution is 2.49. The molecule has 37 heavy (non-hydrogen) atoms. The highest BCUT2D eigenvalue weighted by atomic mass is 31.2. The maximum atomic E-state index is 13.8. The molecule has 14 nitrogen and oxygen atoms in total. The normalized spacial score (nSPS) is 26.9. The van der Waals surface area contributed by atoms with Crippen molar-refractivity contribution in [3.63, 3.8) is 0 Å². The number of benzene rings is 1. The molecule has 5 N–H and O–H groups in total. The number of carbonyl (C=O) groups is 1.